The standard InChI is InChI=1S/C4H8NO2PS/c1-4(9)7-5-6-2-3-8-5/h2-4,8-9H,1H3. The molecule has 9 heavy (non-hydrogen) atoms. The van der Waals surface area contributed by atoms with Crippen LogP contribution in [0.3, 0.4) is 0 Å². The topological polar surface area (TPSA) is 21.7 Å². The quantitative estimate of drug-likeness (QED) is 0.380. The van der Waals surface area contributed by atoms with E-state index in [1.807, 2.05) is 12.7 Å². The van der Waals surface area contributed by atoms with Crippen LogP contribution in [0.5, 0.6) is 0 Å². The lowest BCUT2D eigenvalue weighted by atomic mass is 10.9. The normalized spacial score (nSPS) is 24.7. The highest BCUT2D eigenvalue weighted by Gasteiger charge is 2.09. The molecule has 1 aliphatic rings. The second-order valence-electron chi connectivity index (χ2n) is 1.50. The van der Waals surface area contributed by atoms with Crippen LogP contribution in [0, 0.1) is 0 Å². The molecule has 0 aromatic heterocycles. The second kappa shape index (κ2) is 3.42. The Balaban J connectivity index is 2.14. The maximum absolute atomic E-state index is 5.04. The van der Waals surface area contributed by atoms with Gasteiger partial charge in [-0.1, -0.05) is 0 Å². The molecule has 0 saturated carbocycles. The van der Waals surface area contributed by atoms with Gasteiger partial charge in [0.25, 0.3) is 0 Å². The Hall–Kier alpha value is 0.240. The van der Waals surface area contributed by atoms with Gasteiger partial charge in [-0.3, -0.25) is 0 Å². The van der Waals surface area contributed by atoms with Gasteiger partial charge >= 0.3 is 0 Å². The van der Waals surface area contributed by atoms with Crippen molar-refractivity contribution >= 4 is 21.4 Å². The van der Waals surface area contributed by atoms with E-state index < -0.39 is 0 Å². The molecular formula is C4H8NO2PS. The predicted octanol–water partition coefficient (Wildman–Crippen LogP) is 1.51. The van der Waals surface area contributed by atoms with Gasteiger partial charge < -0.3 is 4.84 Å². The zero-order chi connectivity index (χ0) is 6.69. The van der Waals surface area contributed by atoms with Crippen molar-refractivity contribution in [2.45, 2.75) is 12.4 Å². The van der Waals surface area contributed by atoms with Crippen molar-refractivity contribution < 1.29 is 9.68 Å². The highest BCUT2D eigenvalue weighted by molar-refractivity contribution is 7.80. The van der Waals surface area contributed by atoms with Gasteiger partial charge in [0, 0.05) is 5.00 Å². The first-order valence-electron chi connectivity index (χ1n) is 2.52. The molecule has 1 heterocycles. The summed E-state index contributed by atoms with van der Waals surface area (Å²) in [4.78, 5) is 11.3. The fourth-order valence-electron chi connectivity index (χ4n) is 0.401. The number of hydrogen-bond donors (Lipinski definition) is 1. The summed E-state index contributed by atoms with van der Waals surface area (Å²) in [7, 11) is 0.452. The van der Waals surface area contributed by atoms with E-state index in [9.17, 15) is 0 Å². The molecule has 2 unspecified atom stereocenters. The van der Waals surface area contributed by atoms with Crippen LogP contribution in [0.25, 0.3) is 0 Å². The summed E-state index contributed by atoms with van der Waals surface area (Å²) in [6.45, 7) is 1.83. The van der Waals surface area contributed by atoms with E-state index in [4.69, 9.17) is 9.68 Å². The van der Waals surface area contributed by atoms with Crippen LogP contribution in [0.1, 0.15) is 6.92 Å². The van der Waals surface area contributed by atoms with E-state index in [2.05, 4.69) is 12.6 Å². The number of hydrogen-bond acceptors (Lipinski definition) is 4. The fraction of sp³-hybridized carbons (Fsp3) is 0.500. The third-order valence-corrected chi connectivity index (χ3v) is 1.45. The van der Waals surface area contributed by atoms with Gasteiger partial charge in [0.1, 0.15) is 11.7 Å². The molecule has 0 N–H and O–H groups in total. The SMILES string of the molecule is CC(S)ON1OC=CP1. The van der Waals surface area contributed by atoms with Gasteiger partial charge in [0.15, 0.2) is 0 Å². The minimum absolute atomic E-state index is 0.114. The largest absolute Gasteiger partial charge is 0.384 e. The smallest absolute Gasteiger partial charge is 0.123 e. The van der Waals surface area contributed by atoms with Crippen LogP contribution in [0.4, 0.5) is 0 Å². The highest BCUT2D eigenvalue weighted by atomic mass is 32.1. The third kappa shape index (κ3) is 2.54. The Morgan fingerprint density at radius 2 is 2.67 bits per heavy atom. The first kappa shape index (κ1) is 7.35. The van der Waals surface area contributed by atoms with Crippen LogP contribution in [-0.2, 0) is 9.68 Å². The molecule has 0 radical (unpaired) electrons. The van der Waals surface area contributed by atoms with Crippen LogP contribution in [-0.4, -0.2) is 10.4 Å². The zero-order valence-corrected chi connectivity index (χ0v) is 6.84. The van der Waals surface area contributed by atoms with Crippen molar-refractivity contribution in [1.29, 1.82) is 0 Å². The first-order chi connectivity index (χ1) is 4.29. The van der Waals surface area contributed by atoms with Gasteiger partial charge in [0.05, 0.1) is 8.73 Å². The maximum atomic E-state index is 5.04. The van der Waals surface area contributed by atoms with E-state index in [1.165, 1.54) is 5.00 Å². The summed E-state index contributed by atoms with van der Waals surface area (Å²) in [5, 5.41) is 0. The maximum Gasteiger partial charge on any atom is 0.123 e. The summed E-state index contributed by atoms with van der Waals surface area (Å²) in [6.07, 6.45) is 1.59. The van der Waals surface area contributed by atoms with Crippen molar-refractivity contribution in [2.24, 2.45) is 0 Å². The molecule has 0 aromatic rings. The summed E-state index contributed by atoms with van der Waals surface area (Å²) in [5.74, 6) is 1.89. The molecule has 0 fully saturated rings. The zero-order valence-electron chi connectivity index (χ0n) is 4.94. The molecule has 52 valence electrons. The average Bonchev–Trinajstić information content (AvgIpc) is 2.15. The molecule has 0 amide bonds. The highest BCUT2D eigenvalue weighted by Crippen LogP contribution is 2.27. The van der Waals surface area contributed by atoms with Crippen molar-refractivity contribution in [3.63, 3.8) is 0 Å². The van der Waals surface area contributed by atoms with Crippen molar-refractivity contribution in [3.8, 4) is 0 Å². The Bertz CT molecular complexity index is 111. The summed E-state index contributed by atoms with van der Waals surface area (Å²) in [5.41, 5.74) is -0.114. The molecule has 1 aliphatic heterocycles. The summed E-state index contributed by atoms with van der Waals surface area (Å²) >= 11 is 4.01. The van der Waals surface area contributed by atoms with E-state index in [0.717, 1.165) is 0 Å². The molecule has 0 bridgehead atoms. The first-order valence-corrected chi connectivity index (χ1v) is 4.06. The van der Waals surface area contributed by atoms with Crippen LogP contribution >= 0.6 is 21.4 Å². The molecule has 0 aromatic carbocycles. The number of thiol groups is 1. The van der Waals surface area contributed by atoms with Gasteiger partial charge in [-0.2, -0.15) is 0 Å². The average molecular weight is 165 g/mol. The van der Waals surface area contributed by atoms with Crippen molar-refractivity contribution in [2.75, 3.05) is 0 Å². The van der Waals surface area contributed by atoms with Gasteiger partial charge in [-0.25, -0.2) is 4.84 Å². The fourth-order valence-corrected chi connectivity index (χ4v) is 1.16. The third-order valence-electron chi connectivity index (χ3n) is 0.653. The minimum Gasteiger partial charge on any atom is -0.384 e. The minimum atomic E-state index is -0.114. The summed E-state index contributed by atoms with van der Waals surface area (Å²) in [6, 6.07) is 0. The Labute approximate surface area is 61.2 Å². The molecular weight excluding hydrogens is 157 g/mol. The molecule has 0 spiro atoms. The van der Waals surface area contributed by atoms with E-state index in [-0.39, 0.29) is 5.44 Å². The van der Waals surface area contributed by atoms with Gasteiger partial charge in [-0.15, -0.1) is 12.6 Å². The molecule has 0 aliphatic carbocycles. The Morgan fingerprint density at radius 1 is 1.89 bits per heavy atom. The molecule has 3 nitrogen and oxygen atoms in total. The lowest BCUT2D eigenvalue weighted by molar-refractivity contribution is -0.267. The van der Waals surface area contributed by atoms with Crippen LogP contribution in [0.2, 0.25) is 0 Å². The number of rotatable bonds is 2. The van der Waals surface area contributed by atoms with Crippen LogP contribution < -0.4 is 0 Å². The predicted molar refractivity (Wildman–Crippen MR) is 39.9 cm³/mol. The van der Waals surface area contributed by atoms with E-state index in [1.54, 1.807) is 6.26 Å². The molecule has 2 atom stereocenters. The second-order valence-corrected chi connectivity index (χ2v) is 3.18. The van der Waals surface area contributed by atoms with Crippen molar-refractivity contribution in [3.05, 3.63) is 12.1 Å². The Morgan fingerprint density at radius 3 is 3.11 bits per heavy atom. The van der Waals surface area contributed by atoms with E-state index in [0.29, 0.717) is 8.73 Å². The van der Waals surface area contributed by atoms with Crippen LogP contribution in [0.15, 0.2) is 12.1 Å². The lowest BCUT2D eigenvalue weighted by Crippen LogP contribution is -2.13. The van der Waals surface area contributed by atoms with Crippen molar-refractivity contribution in [1.82, 2.24) is 5.00 Å². The summed E-state index contributed by atoms with van der Waals surface area (Å²) < 4.78 is 0. The molecule has 5 heteroatoms. The van der Waals surface area contributed by atoms with Gasteiger partial charge in [-0.05, 0) is 12.7 Å². The monoisotopic (exact) mass is 165 g/mol. The number of nitrogens with zero attached hydrogens (tertiary/aromatic N) is 1. The Kier molecular flexibility index (Phi) is 2.79. The van der Waals surface area contributed by atoms with E-state index >= 15 is 0 Å². The van der Waals surface area contributed by atoms with Gasteiger partial charge in [0.2, 0.25) is 0 Å². The lowest BCUT2D eigenvalue weighted by Gasteiger charge is -2.14. The molecule has 1 rings (SSSR count). The molecule has 0 saturated heterocycles.